The number of rotatable bonds is 8. The van der Waals surface area contributed by atoms with Gasteiger partial charge in [0.25, 0.3) is 0 Å². The Balaban J connectivity index is 1.47. The zero-order chi connectivity index (χ0) is 23.3. The fourth-order valence-corrected chi connectivity index (χ4v) is 3.95. The molecule has 32 heavy (non-hydrogen) atoms. The number of phenols is 1. The summed E-state index contributed by atoms with van der Waals surface area (Å²) in [6.45, 7) is -0.325. The fraction of sp³-hybridized carbons (Fsp3) is 0.682. The van der Waals surface area contributed by atoms with Crippen LogP contribution in [0.2, 0.25) is 0 Å². The molecule has 1 aliphatic heterocycles. The zero-order valence-corrected chi connectivity index (χ0v) is 17.7. The van der Waals surface area contributed by atoms with E-state index >= 15 is 0 Å². The summed E-state index contributed by atoms with van der Waals surface area (Å²) in [6, 6.07) is 6.05. The van der Waals surface area contributed by atoms with Crippen LogP contribution < -0.4 is 0 Å². The van der Waals surface area contributed by atoms with E-state index in [1.165, 1.54) is 12.1 Å². The van der Waals surface area contributed by atoms with Crippen LogP contribution in [0.1, 0.15) is 37.7 Å². The highest BCUT2D eigenvalue weighted by atomic mass is 16.7. The number of aliphatic hydroxyl groups excluding tert-OH is 4. The van der Waals surface area contributed by atoms with Crippen molar-refractivity contribution >= 4 is 5.97 Å². The van der Waals surface area contributed by atoms with Gasteiger partial charge < -0.3 is 44.8 Å². The molecule has 5 atom stereocenters. The quantitative estimate of drug-likeness (QED) is 0.277. The van der Waals surface area contributed by atoms with E-state index in [9.17, 15) is 35.4 Å². The number of phenolic OH excluding ortho intramolecular Hbond substituents is 1. The molecule has 1 aromatic carbocycles. The third-order valence-electron chi connectivity index (χ3n) is 6.10. The average molecular weight is 456 g/mol. The van der Waals surface area contributed by atoms with E-state index in [-0.39, 0.29) is 31.8 Å². The summed E-state index contributed by atoms with van der Waals surface area (Å²) in [5, 5.41) is 59.9. The third kappa shape index (κ3) is 6.61. The van der Waals surface area contributed by atoms with Crippen LogP contribution in [0.25, 0.3) is 0 Å². The summed E-state index contributed by atoms with van der Waals surface area (Å²) < 4.78 is 16.2. The molecule has 1 saturated carbocycles. The molecule has 6 N–H and O–H groups in total. The molecular weight excluding hydrogens is 424 g/mol. The van der Waals surface area contributed by atoms with E-state index in [1.54, 1.807) is 12.1 Å². The molecule has 0 spiro atoms. The minimum atomic E-state index is -1.57. The Hall–Kier alpha value is -1.79. The summed E-state index contributed by atoms with van der Waals surface area (Å²) in [5.41, 5.74) is -0.345. The van der Waals surface area contributed by atoms with Crippen molar-refractivity contribution in [2.24, 2.45) is 0 Å². The van der Waals surface area contributed by atoms with Gasteiger partial charge in [0.1, 0.15) is 36.8 Å². The van der Waals surface area contributed by atoms with Crippen LogP contribution in [-0.4, -0.2) is 92.2 Å². The van der Waals surface area contributed by atoms with Crippen molar-refractivity contribution in [3.05, 3.63) is 29.8 Å². The van der Waals surface area contributed by atoms with Gasteiger partial charge >= 0.3 is 5.97 Å². The van der Waals surface area contributed by atoms with Crippen molar-refractivity contribution in [2.45, 2.75) is 80.9 Å². The lowest BCUT2D eigenvalue weighted by Crippen LogP contribution is -2.59. The number of hydrogen-bond donors (Lipinski definition) is 6. The number of ether oxygens (including phenoxy) is 3. The molecule has 1 aliphatic carbocycles. The second-order valence-corrected chi connectivity index (χ2v) is 8.62. The Bertz CT molecular complexity index is 731. The Morgan fingerprint density at radius 3 is 2.34 bits per heavy atom. The molecule has 1 heterocycles. The third-order valence-corrected chi connectivity index (χ3v) is 6.10. The van der Waals surface area contributed by atoms with Crippen molar-refractivity contribution in [3.63, 3.8) is 0 Å². The highest BCUT2D eigenvalue weighted by Crippen LogP contribution is 2.31. The molecule has 0 amide bonds. The lowest BCUT2D eigenvalue weighted by Gasteiger charge is -2.40. The molecular formula is C22H32O10. The number of aliphatic hydroxyl groups is 5. The predicted molar refractivity (Wildman–Crippen MR) is 109 cm³/mol. The first-order valence-electron chi connectivity index (χ1n) is 10.8. The summed E-state index contributed by atoms with van der Waals surface area (Å²) in [4.78, 5) is 12.1. The zero-order valence-electron chi connectivity index (χ0n) is 17.7. The molecule has 2 fully saturated rings. The van der Waals surface area contributed by atoms with Crippen LogP contribution >= 0.6 is 0 Å². The largest absolute Gasteiger partial charge is 0.508 e. The van der Waals surface area contributed by atoms with Gasteiger partial charge in [0, 0.05) is 0 Å². The molecule has 10 nitrogen and oxygen atoms in total. The number of carbonyl (C=O) groups excluding carboxylic acids is 1. The van der Waals surface area contributed by atoms with E-state index < -0.39 is 48.4 Å². The van der Waals surface area contributed by atoms with Gasteiger partial charge in [-0.25, -0.2) is 0 Å². The molecule has 180 valence electrons. The molecule has 2 aliphatic rings. The number of aromatic hydroxyl groups is 1. The van der Waals surface area contributed by atoms with Crippen LogP contribution in [0.3, 0.4) is 0 Å². The van der Waals surface area contributed by atoms with Gasteiger partial charge in [0.2, 0.25) is 0 Å². The maximum absolute atomic E-state index is 12.1. The van der Waals surface area contributed by atoms with Crippen LogP contribution in [0.5, 0.6) is 5.75 Å². The second-order valence-electron chi connectivity index (χ2n) is 8.62. The van der Waals surface area contributed by atoms with Crippen molar-refractivity contribution in [3.8, 4) is 5.75 Å². The number of benzene rings is 1. The highest BCUT2D eigenvalue weighted by Gasteiger charge is 2.45. The molecule has 0 radical (unpaired) electrons. The SMILES string of the molecule is O=C(Cc1ccc(O)cc1)OC[C@H]1O[C@@H](OCCC2(O)CCC(O)CC2)[C@H](O)[C@@H](O)[C@@H]1O. The Kier molecular flexibility index (Phi) is 8.45. The maximum atomic E-state index is 12.1. The second kappa shape index (κ2) is 10.9. The van der Waals surface area contributed by atoms with Gasteiger partial charge in [-0.05, 0) is 49.8 Å². The van der Waals surface area contributed by atoms with Gasteiger partial charge in [0.05, 0.1) is 24.7 Å². The molecule has 1 aromatic rings. The minimum absolute atomic E-state index is 0.0322. The maximum Gasteiger partial charge on any atom is 0.310 e. The normalized spacial score (nSPS) is 35.4. The Morgan fingerprint density at radius 1 is 1.03 bits per heavy atom. The fourth-order valence-electron chi connectivity index (χ4n) is 3.95. The number of carbonyl (C=O) groups is 1. The highest BCUT2D eigenvalue weighted by molar-refractivity contribution is 5.72. The van der Waals surface area contributed by atoms with Gasteiger partial charge in [-0.3, -0.25) is 4.79 Å². The Morgan fingerprint density at radius 2 is 1.69 bits per heavy atom. The smallest absolute Gasteiger partial charge is 0.310 e. The lowest BCUT2D eigenvalue weighted by atomic mass is 9.81. The van der Waals surface area contributed by atoms with Crippen LogP contribution in [0.4, 0.5) is 0 Å². The molecule has 0 aromatic heterocycles. The molecule has 10 heteroatoms. The van der Waals surface area contributed by atoms with Crippen molar-refractivity contribution < 1.29 is 49.6 Å². The van der Waals surface area contributed by atoms with Crippen LogP contribution in [-0.2, 0) is 25.4 Å². The van der Waals surface area contributed by atoms with E-state index in [2.05, 4.69) is 0 Å². The monoisotopic (exact) mass is 456 g/mol. The Labute approximate surface area is 186 Å². The molecule has 3 rings (SSSR count). The molecule has 0 bridgehead atoms. The first-order valence-corrected chi connectivity index (χ1v) is 10.8. The number of esters is 1. The first-order chi connectivity index (χ1) is 15.2. The van der Waals surface area contributed by atoms with E-state index in [4.69, 9.17) is 14.2 Å². The van der Waals surface area contributed by atoms with Crippen molar-refractivity contribution in [2.75, 3.05) is 13.2 Å². The van der Waals surface area contributed by atoms with E-state index in [1.807, 2.05) is 0 Å². The van der Waals surface area contributed by atoms with Crippen LogP contribution in [0, 0.1) is 0 Å². The predicted octanol–water partition coefficient (Wildman–Crippen LogP) is -0.642. The van der Waals surface area contributed by atoms with E-state index in [0.717, 1.165) is 0 Å². The topological polar surface area (TPSA) is 166 Å². The molecule has 1 saturated heterocycles. The van der Waals surface area contributed by atoms with Crippen LogP contribution in [0.15, 0.2) is 24.3 Å². The van der Waals surface area contributed by atoms with E-state index in [0.29, 0.717) is 31.2 Å². The van der Waals surface area contributed by atoms with Gasteiger partial charge in [-0.1, -0.05) is 12.1 Å². The summed E-state index contributed by atoms with van der Waals surface area (Å²) in [7, 11) is 0. The van der Waals surface area contributed by atoms with Crippen molar-refractivity contribution in [1.82, 2.24) is 0 Å². The lowest BCUT2D eigenvalue weighted by molar-refractivity contribution is -0.303. The van der Waals surface area contributed by atoms with Gasteiger partial charge in [-0.2, -0.15) is 0 Å². The van der Waals surface area contributed by atoms with Gasteiger partial charge in [0.15, 0.2) is 6.29 Å². The minimum Gasteiger partial charge on any atom is -0.508 e. The average Bonchev–Trinajstić information content (AvgIpc) is 2.77. The van der Waals surface area contributed by atoms with Gasteiger partial charge in [-0.15, -0.1) is 0 Å². The first kappa shape index (κ1) is 24.8. The standard InChI is InChI=1S/C22H32O10/c23-14-3-1-13(2-4-14)11-17(25)31-12-16-18(26)19(27)20(28)21(32-16)30-10-9-22(29)7-5-15(24)6-8-22/h1-4,15-16,18-21,23-24,26-29H,5-12H2/t15?,16-,18-,19+,20-,21-,22?/m1/s1. The summed E-state index contributed by atoms with van der Waals surface area (Å²) in [5.74, 6) is -0.515. The summed E-state index contributed by atoms with van der Waals surface area (Å²) in [6.07, 6.45) is -5.29. The van der Waals surface area contributed by atoms with Crippen molar-refractivity contribution in [1.29, 1.82) is 0 Å². The number of hydrogen-bond acceptors (Lipinski definition) is 10. The molecule has 0 unspecified atom stereocenters. The summed E-state index contributed by atoms with van der Waals surface area (Å²) >= 11 is 0.